The van der Waals surface area contributed by atoms with Crippen LogP contribution in [0, 0.1) is 0 Å². The number of amides is 1. The second-order valence-electron chi connectivity index (χ2n) is 5.31. The molecule has 2 atom stereocenters. The van der Waals surface area contributed by atoms with Gasteiger partial charge in [-0.1, -0.05) is 6.92 Å². The van der Waals surface area contributed by atoms with Gasteiger partial charge in [0.1, 0.15) is 0 Å². The highest BCUT2D eigenvalue weighted by molar-refractivity contribution is 7.91. The van der Waals surface area contributed by atoms with Crippen molar-refractivity contribution in [2.24, 2.45) is 0 Å². The lowest BCUT2D eigenvalue weighted by Gasteiger charge is -2.31. The molecule has 1 aliphatic heterocycles. The number of nitrogens with zero attached hydrogens (tertiary/aromatic N) is 1. The van der Waals surface area contributed by atoms with Crippen LogP contribution in [0.3, 0.4) is 0 Å². The summed E-state index contributed by atoms with van der Waals surface area (Å²) >= 11 is 0. The van der Waals surface area contributed by atoms with Gasteiger partial charge < -0.3 is 15.0 Å². The lowest BCUT2D eigenvalue weighted by Crippen LogP contribution is -2.49. The van der Waals surface area contributed by atoms with Gasteiger partial charge in [0.2, 0.25) is 5.91 Å². The zero-order chi connectivity index (χ0) is 15.2. The van der Waals surface area contributed by atoms with Gasteiger partial charge in [0.05, 0.1) is 18.1 Å². The highest BCUT2D eigenvalue weighted by Crippen LogP contribution is 2.11. The van der Waals surface area contributed by atoms with Crippen molar-refractivity contribution in [1.29, 1.82) is 0 Å². The molecular weight excluding hydrogens is 280 g/mol. The van der Waals surface area contributed by atoms with Gasteiger partial charge in [0.25, 0.3) is 0 Å². The first-order valence-electron chi connectivity index (χ1n) is 7.11. The summed E-state index contributed by atoms with van der Waals surface area (Å²) in [7, 11) is -1.40. The van der Waals surface area contributed by atoms with Gasteiger partial charge in [0.15, 0.2) is 9.84 Å². The van der Waals surface area contributed by atoms with Crippen LogP contribution in [-0.2, 0) is 19.4 Å². The third-order valence-corrected chi connectivity index (χ3v) is 5.44. The summed E-state index contributed by atoms with van der Waals surface area (Å²) in [6.07, 6.45) is 1.10. The summed E-state index contributed by atoms with van der Waals surface area (Å²) in [6, 6.07) is -0.131. The number of nitrogens with one attached hydrogen (secondary N) is 1. The van der Waals surface area contributed by atoms with Gasteiger partial charge in [-0.25, -0.2) is 8.42 Å². The third kappa shape index (κ3) is 5.38. The van der Waals surface area contributed by atoms with E-state index in [4.69, 9.17) is 4.74 Å². The SMILES string of the molecule is CCC(C)N(CCOC)C(=O)CC1CS(=O)(=O)CCN1. The summed E-state index contributed by atoms with van der Waals surface area (Å²) in [5.74, 6) is 0.208. The van der Waals surface area contributed by atoms with E-state index in [1.807, 2.05) is 13.8 Å². The van der Waals surface area contributed by atoms with Crippen molar-refractivity contribution in [2.75, 3.05) is 38.3 Å². The molecule has 7 heteroatoms. The predicted molar refractivity (Wildman–Crippen MR) is 78.4 cm³/mol. The van der Waals surface area contributed by atoms with Crippen LogP contribution in [0.15, 0.2) is 0 Å². The maximum atomic E-state index is 12.4. The molecule has 0 aliphatic carbocycles. The summed E-state index contributed by atoms with van der Waals surface area (Å²) < 4.78 is 28.2. The fraction of sp³-hybridized carbons (Fsp3) is 0.923. The Balaban J connectivity index is 2.60. The Morgan fingerprint density at radius 2 is 2.20 bits per heavy atom. The minimum atomic E-state index is -3.00. The average Bonchev–Trinajstić information content (AvgIpc) is 2.37. The van der Waals surface area contributed by atoms with E-state index in [-0.39, 0.29) is 35.9 Å². The number of sulfone groups is 1. The fourth-order valence-corrected chi connectivity index (χ4v) is 3.77. The maximum Gasteiger partial charge on any atom is 0.224 e. The Morgan fingerprint density at radius 3 is 2.75 bits per heavy atom. The highest BCUT2D eigenvalue weighted by Gasteiger charge is 2.28. The molecule has 0 radical (unpaired) electrons. The molecule has 1 fully saturated rings. The van der Waals surface area contributed by atoms with Crippen molar-refractivity contribution in [3.8, 4) is 0 Å². The Kier molecular flexibility index (Phi) is 6.91. The zero-order valence-electron chi connectivity index (χ0n) is 12.6. The van der Waals surface area contributed by atoms with E-state index in [1.54, 1.807) is 12.0 Å². The molecule has 1 rings (SSSR count). The second kappa shape index (κ2) is 7.95. The lowest BCUT2D eigenvalue weighted by atomic mass is 10.1. The number of hydrogen-bond acceptors (Lipinski definition) is 5. The Morgan fingerprint density at radius 1 is 1.50 bits per heavy atom. The number of rotatable bonds is 7. The standard InChI is InChI=1S/C13H26N2O4S/c1-4-11(2)15(6-7-19-3)13(16)9-12-10-20(17,18)8-5-14-12/h11-12,14H,4-10H2,1-3H3. The van der Waals surface area contributed by atoms with Gasteiger partial charge in [-0.05, 0) is 13.3 Å². The average molecular weight is 306 g/mol. The molecule has 0 aromatic carbocycles. The van der Waals surface area contributed by atoms with E-state index in [0.717, 1.165) is 6.42 Å². The summed E-state index contributed by atoms with van der Waals surface area (Å²) in [4.78, 5) is 14.1. The zero-order valence-corrected chi connectivity index (χ0v) is 13.4. The van der Waals surface area contributed by atoms with E-state index >= 15 is 0 Å². The first kappa shape index (κ1) is 17.4. The number of carbonyl (C=O) groups is 1. The van der Waals surface area contributed by atoms with Crippen LogP contribution in [0.2, 0.25) is 0 Å². The van der Waals surface area contributed by atoms with Crippen LogP contribution in [-0.4, -0.2) is 69.6 Å². The molecule has 118 valence electrons. The predicted octanol–water partition coefficient (Wildman–Crippen LogP) is 0.0366. The Hall–Kier alpha value is -0.660. The van der Waals surface area contributed by atoms with E-state index in [0.29, 0.717) is 19.7 Å². The van der Waals surface area contributed by atoms with Crippen LogP contribution in [0.1, 0.15) is 26.7 Å². The molecule has 1 N–H and O–H groups in total. The highest BCUT2D eigenvalue weighted by atomic mass is 32.2. The minimum absolute atomic E-state index is 0.00833. The van der Waals surface area contributed by atoms with Gasteiger partial charge in [-0.2, -0.15) is 0 Å². The number of hydrogen-bond donors (Lipinski definition) is 1. The van der Waals surface area contributed by atoms with E-state index in [1.165, 1.54) is 0 Å². The monoisotopic (exact) mass is 306 g/mol. The van der Waals surface area contributed by atoms with Crippen molar-refractivity contribution in [2.45, 2.75) is 38.8 Å². The summed E-state index contributed by atoms with van der Waals surface area (Å²) in [6.45, 7) is 5.50. The van der Waals surface area contributed by atoms with E-state index in [9.17, 15) is 13.2 Å². The van der Waals surface area contributed by atoms with Crippen molar-refractivity contribution in [3.05, 3.63) is 0 Å². The molecule has 0 aromatic rings. The van der Waals surface area contributed by atoms with Crippen molar-refractivity contribution in [1.82, 2.24) is 10.2 Å². The van der Waals surface area contributed by atoms with E-state index < -0.39 is 9.84 Å². The quantitative estimate of drug-likeness (QED) is 0.718. The smallest absolute Gasteiger partial charge is 0.224 e. The molecule has 2 unspecified atom stereocenters. The molecule has 0 aromatic heterocycles. The maximum absolute atomic E-state index is 12.4. The Bertz CT molecular complexity index is 411. The molecule has 1 saturated heterocycles. The minimum Gasteiger partial charge on any atom is -0.383 e. The van der Waals surface area contributed by atoms with Crippen molar-refractivity contribution < 1.29 is 17.9 Å². The topological polar surface area (TPSA) is 75.7 Å². The molecular formula is C13H26N2O4S. The molecule has 6 nitrogen and oxygen atoms in total. The number of methoxy groups -OCH3 is 1. The molecule has 1 aliphatic rings. The molecule has 0 spiro atoms. The third-order valence-electron chi connectivity index (χ3n) is 3.70. The van der Waals surface area contributed by atoms with Gasteiger partial charge in [-0.15, -0.1) is 0 Å². The van der Waals surface area contributed by atoms with Crippen LogP contribution in [0.25, 0.3) is 0 Å². The number of carbonyl (C=O) groups excluding carboxylic acids is 1. The molecule has 0 bridgehead atoms. The molecule has 1 heterocycles. The van der Waals surface area contributed by atoms with Crippen molar-refractivity contribution >= 4 is 15.7 Å². The van der Waals surface area contributed by atoms with Crippen LogP contribution < -0.4 is 5.32 Å². The molecule has 0 saturated carbocycles. The van der Waals surface area contributed by atoms with Crippen LogP contribution >= 0.6 is 0 Å². The summed E-state index contributed by atoms with van der Waals surface area (Å²) in [5, 5.41) is 3.12. The van der Waals surface area contributed by atoms with Crippen LogP contribution in [0.5, 0.6) is 0 Å². The first-order chi connectivity index (χ1) is 9.39. The van der Waals surface area contributed by atoms with Gasteiger partial charge in [0, 0.05) is 38.7 Å². The number of ether oxygens (including phenoxy) is 1. The van der Waals surface area contributed by atoms with Gasteiger partial charge >= 0.3 is 0 Å². The van der Waals surface area contributed by atoms with Crippen molar-refractivity contribution in [3.63, 3.8) is 0 Å². The lowest BCUT2D eigenvalue weighted by molar-refractivity contribution is -0.134. The molecule has 20 heavy (non-hydrogen) atoms. The fourth-order valence-electron chi connectivity index (χ4n) is 2.33. The van der Waals surface area contributed by atoms with Crippen LogP contribution in [0.4, 0.5) is 0 Å². The molecule has 1 amide bonds. The second-order valence-corrected chi connectivity index (χ2v) is 7.54. The largest absolute Gasteiger partial charge is 0.383 e. The summed E-state index contributed by atoms with van der Waals surface area (Å²) in [5.41, 5.74) is 0. The van der Waals surface area contributed by atoms with E-state index in [2.05, 4.69) is 5.32 Å². The first-order valence-corrected chi connectivity index (χ1v) is 8.94. The Labute approximate surface area is 121 Å². The normalized spacial score (nSPS) is 23.2. The van der Waals surface area contributed by atoms with Gasteiger partial charge in [-0.3, -0.25) is 4.79 Å².